The summed E-state index contributed by atoms with van der Waals surface area (Å²) in [5, 5.41) is 11.9. The van der Waals surface area contributed by atoms with Gasteiger partial charge in [0.05, 0.1) is 18.8 Å². The SMILES string of the molecule is CC(C)OC[C@H](O)CNC(=O)OC(C)(C)C. The molecule has 0 radical (unpaired) electrons. The fourth-order valence-electron chi connectivity index (χ4n) is 0.878. The Balaban J connectivity index is 3.67. The van der Waals surface area contributed by atoms with Crippen LogP contribution in [0.3, 0.4) is 0 Å². The number of rotatable bonds is 5. The maximum atomic E-state index is 11.2. The van der Waals surface area contributed by atoms with Gasteiger partial charge >= 0.3 is 6.09 Å². The average Bonchev–Trinajstić information content (AvgIpc) is 2.08. The van der Waals surface area contributed by atoms with Gasteiger partial charge in [-0.25, -0.2) is 4.79 Å². The topological polar surface area (TPSA) is 67.8 Å². The molecule has 16 heavy (non-hydrogen) atoms. The van der Waals surface area contributed by atoms with Crippen molar-refractivity contribution in [3.63, 3.8) is 0 Å². The number of ether oxygens (including phenoxy) is 2. The van der Waals surface area contributed by atoms with Gasteiger partial charge in [-0.05, 0) is 34.6 Å². The Bertz CT molecular complexity index is 211. The molecule has 0 aliphatic carbocycles. The molecule has 0 unspecified atom stereocenters. The third kappa shape index (κ3) is 9.73. The first-order valence-electron chi connectivity index (χ1n) is 5.47. The highest BCUT2D eigenvalue weighted by molar-refractivity contribution is 5.67. The van der Waals surface area contributed by atoms with Crippen molar-refractivity contribution in [2.75, 3.05) is 13.2 Å². The summed E-state index contributed by atoms with van der Waals surface area (Å²) in [5.41, 5.74) is -0.524. The lowest BCUT2D eigenvalue weighted by molar-refractivity contribution is 0.00356. The van der Waals surface area contributed by atoms with Crippen molar-refractivity contribution in [1.29, 1.82) is 0 Å². The smallest absolute Gasteiger partial charge is 0.407 e. The van der Waals surface area contributed by atoms with Crippen LogP contribution in [-0.4, -0.2) is 42.2 Å². The van der Waals surface area contributed by atoms with Crippen molar-refractivity contribution in [3.05, 3.63) is 0 Å². The Hall–Kier alpha value is -0.810. The second-order valence-electron chi connectivity index (χ2n) is 4.92. The van der Waals surface area contributed by atoms with Crippen molar-refractivity contribution >= 4 is 6.09 Å². The molecule has 0 rings (SSSR count). The van der Waals surface area contributed by atoms with Gasteiger partial charge in [0.15, 0.2) is 0 Å². The summed E-state index contributed by atoms with van der Waals surface area (Å²) in [6.07, 6.45) is -1.18. The number of hydrogen-bond acceptors (Lipinski definition) is 4. The van der Waals surface area contributed by atoms with Crippen LogP contribution in [-0.2, 0) is 9.47 Å². The lowest BCUT2D eigenvalue weighted by Crippen LogP contribution is -2.38. The van der Waals surface area contributed by atoms with Crippen LogP contribution in [0.1, 0.15) is 34.6 Å². The second kappa shape index (κ2) is 6.70. The Labute approximate surface area is 97.1 Å². The van der Waals surface area contributed by atoms with Gasteiger partial charge in [0.2, 0.25) is 0 Å². The van der Waals surface area contributed by atoms with Crippen LogP contribution in [0.2, 0.25) is 0 Å². The van der Waals surface area contributed by atoms with E-state index in [4.69, 9.17) is 9.47 Å². The molecule has 0 heterocycles. The minimum absolute atomic E-state index is 0.0659. The van der Waals surface area contributed by atoms with Gasteiger partial charge in [-0.15, -0.1) is 0 Å². The van der Waals surface area contributed by atoms with E-state index in [0.717, 1.165) is 0 Å². The number of carbonyl (C=O) groups is 1. The quantitative estimate of drug-likeness (QED) is 0.751. The van der Waals surface area contributed by atoms with E-state index in [9.17, 15) is 9.90 Å². The molecule has 0 aliphatic heterocycles. The van der Waals surface area contributed by atoms with E-state index in [0.29, 0.717) is 0 Å². The second-order valence-corrected chi connectivity index (χ2v) is 4.92. The van der Waals surface area contributed by atoms with Gasteiger partial charge in [-0.1, -0.05) is 0 Å². The maximum Gasteiger partial charge on any atom is 0.407 e. The molecule has 0 fully saturated rings. The van der Waals surface area contributed by atoms with Crippen LogP contribution in [0, 0.1) is 0 Å². The summed E-state index contributed by atoms with van der Waals surface area (Å²) in [6, 6.07) is 0. The van der Waals surface area contributed by atoms with Crippen molar-refractivity contribution in [1.82, 2.24) is 5.32 Å². The zero-order valence-electron chi connectivity index (χ0n) is 10.7. The van der Waals surface area contributed by atoms with Crippen molar-refractivity contribution < 1.29 is 19.4 Å². The van der Waals surface area contributed by atoms with Gasteiger partial charge in [0.1, 0.15) is 5.60 Å². The highest BCUT2D eigenvalue weighted by atomic mass is 16.6. The standard InChI is InChI=1S/C11H23NO4/c1-8(2)15-7-9(13)6-12-10(14)16-11(3,4)5/h8-9,13H,6-7H2,1-5H3,(H,12,14)/t9-/m1/s1. The summed E-state index contributed by atoms with van der Waals surface area (Å²) in [7, 11) is 0. The summed E-state index contributed by atoms with van der Waals surface area (Å²) >= 11 is 0. The molecule has 5 nitrogen and oxygen atoms in total. The van der Waals surface area contributed by atoms with Gasteiger partial charge in [0.25, 0.3) is 0 Å². The maximum absolute atomic E-state index is 11.2. The van der Waals surface area contributed by atoms with Crippen molar-refractivity contribution in [3.8, 4) is 0 Å². The van der Waals surface area contributed by atoms with Crippen molar-refractivity contribution in [2.45, 2.75) is 52.4 Å². The number of aliphatic hydroxyl groups excluding tert-OH is 1. The first kappa shape index (κ1) is 15.2. The Morgan fingerprint density at radius 3 is 2.38 bits per heavy atom. The fourth-order valence-corrected chi connectivity index (χ4v) is 0.878. The van der Waals surface area contributed by atoms with E-state index in [1.165, 1.54) is 0 Å². The van der Waals surface area contributed by atoms with E-state index in [1.54, 1.807) is 20.8 Å². The van der Waals surface area contributed by atoms with E-state index < -0.39 is 17.8 Å². The number of aliphatic hydroxyl groups is 1. The summed E-state index contributed by atoms with van der Waals surface area (Å²) in [4.78, 5) is 11.2. The lowest BCUT2D eigenvalue weighted by Gasteiger charge is -2.20. The molecule has 96 valence electrons. The highest BCUT2D eigenvalue weighted by Crippen LogP contribution is 2.06. The summed E-state index contributed by atoms with van der Waals surface area (Å²) in [5.74, 6) is 0. The minimum atomic E-state index is -0.713. The zero-order chi connectivity index (χ0) is 12.8. The largest absolute Gasteiger partial charge is 0.444 e. The first-order valence-corrected chi connectivity index (χ1v) is 5.47. The molecule has 0 aromatic carbocycles. The van der Waals surface area contributed by atoms with E-state index in [2.05, 4.69) is 5.32 Å². The molecule has 1 atom stereocenters. The highest BCUT2D eigenvalue weighted by Gasteiger charge is 2.16. The molecule has 0 aromatic heterocycles. The molecule has 5 heteroatoms. The number of carbonyl (C=O) groups excluding carboxylic acids is 1. The van der Waals surface area contributed by atoms with Crippen LogP contribution >= 0.6 is 0 Å². The Morgan fingerprint density at radius 2 is 1.94 bits per heavy atom. The van der Waals surface area contributed by atoms with Crippen LogP contribution in [0.25, 0.3) is 0 Å². The number of hydrogen-bond donors (Lipinski definition) is 2. The number of amides is 1. The molecule has 2 N–H and O–H groups in total. The van der Waals surface area contributed by atoms with Gasteiger partial charge in [-0.3, -0.25) is 0 Å². The van der Waals surface area contributed by atoms with Gasteiger partial charge in [0, 0.05) is 6.54 Å². The number of nitrogens with one attached hydrogen (secondary N) is 1. The molecule has 0 saturated heterocycles. The molecule has 0 aliphatic rings. The molecule has 0 spiro atoms. The first-order chi connectivity index (χ1) is 7.20. The molecule has 0 bridgehead atoms. The fraction of sp³-hybridized carbons (Fsp3) is 0.909. The molecule has 0 saturated carbocycles. The molecular formula is C11H23NO4. The van der Waals surface area contributed by atoms with Crippen molar-refractivity contribution in [2.24, 2.45) is 0 Å². The average molecular weight is 233 g/mol. The summed E-state index contributed by atoms with van der Waals surface area (Å²) < 4.78 is 10.2. The predicted molar refractivity (Wildman–Crippen MR) is 61.3 cm³/mol. The number of alkyl carbamates (subject to hydrolysis) is 1. The summed E-state index contributed by atoms with van der Waals surface area (Å²) in [6.45, 7) is 9.44. The normalized spacial score (nSPS) is 13.7. The van der Waals surface area contributed by atoms with Crippen LogP contribution < -0.4 is 5.32 Å². The van der Waals surface area contributed by atoms with E-state index in [1.807, 2.05) is 13.8 Å². The van der Waals surface area contributed by atoms with Crippen LogP contribution in [0.15, 0.2) is 0 Å². The van der Waals surface area contributed by atoms with Crippen LogP contribution in [0.4, 0.5) is 4.79 Å². The van der Waals surface area contributed by atoms with E-state index in [-0.39, 0.29) is 19.3 Å². The van der Waals surface area contributed by atoms with Gasteiger partial charge in [-0.2, -0.15) is 0 Å². The molecule has 0 aromatic rings. The van der Waals surface area contributed by atoms with E-state index >= 15 is 0 Å². The zero-order valence-corrected chi connectivity index (χ0v) is 10.7. The Morgan fingerprint density at radius 1 is 1.38 bits per heavy atom. The van der Waals surface area contributed by atoms with Crippen LogP contribution in [0.5, 0.6) is 0 Å². The minimum Gasteiger partial charge on any atom is -0.444 e. The Kier molecular flexibility index (Phi) is 6.36. The van der Waals surface area contributed by atoms with Gasteiger partial charge < -0.3 is 19.9 Å². The molecular weight excluding hydrogens is 210 g/mol. The third-order valence-corrected chi connectivity index (χ3v) is 1.50. The molecule has 1 amide bonds. The monoisotopic (exact) mass is 233 g/mol. The lowest BCUT2D eigenvalue weighted by atomic mass is 10.2. The third-order valence-electron chi connectivity index (χ3n) is 1.50. The predicted octanol–water partition coefficient (Wildman–Crippen LogP) is 1.30.